The summed E-state index contributed by atoms with van der Waals surface area (Å²) in [6.07, 6.45) is -1.02. The Kier molecular flexibility index (Phi) is 8.81. The molecule has 1 atom stereocenters. The molecule has 7 nitrogen and oxygen atoms in total. The molecule has 34 heavy (non-hydrogen) atoms. The molecule has 0 spiro atoms. The van der Waals surface area contributed by atoms with Crippen molar-refractivity contribution in [2.24, 2.45) is 0 Å². The molecule has 2 amide bonds. The van der Waals surface area contributed by atoms with Crippen molar-refractivity contribution in [2.45, 2.75) is 32.1 Å². The maximum absolute atomic E-state index is 13.0. The Morgan fingerprint density at radius 1 is 0.853 bits per heavy atom. The molecule has 3 aromatic carbocycles. The Morgan fingerprint density at radius 2 is 1.38 bits per heavy atom. The highest BCUT2D eigenvalue weighted by atomic mass is 79.9. The zero-order chi connectivity index (χ0) is 24.4. The molecule has 0 aliphatic rings. The fraction of sp³-hybridized carbons (Fsp3) is 0.192. The van der Waals surface area contributed by atoms with Gasteiger partial charge in [-0.1, -0.05) is 88.7 Å². The molecule has 3 rings (SSSR count). The van der Waals surface area contributed by atoms with Crippen LogP contribution in [0, 0.1) is 0 Å². The van der Waals surface area contributed by atoms with Gasteiger partial charge in [-0.2, -0.15) is 0 Å². The number of amides is 2. The Hall–Kier alpha value is -3.65. The van der Waals surface area contributed by atoms with Crippen LogP contribution < -0.4 is 5.43 Å². The number of hydrogen-bond acceptors (Lipinski definition) is 5. The van der Waals surface area contributed by atoms with Gasteiger partial charge in [-0.3, -0.25) is 0 Å². The van der Waals surface area contributed by atoms with Crippen LogP contribution in [0.3, 0.4) is 0 Å². The molecule has 176 valence electrons. The van der Waals surface area contributed by atoms with E-state index in [0.717, 1.165) is 26.2 Å². The summed E-state index contributed by atoms with van der Waals surface area (Å²) >= 11 is 3.38. The molecule has 0 aliphatic heterocycles. The molecular formula is C26H25BrN2O5. The second-order valence-electron chi connectivity index (χ2n) is 7.83. The van der Waals surface area contributed by atoms with Crippen molar-refractivity contribution in [1.29, 1.82) is 0 Å². The standard InChI is InChI=1S/C26H25BrN2O5/c1-26(19-30,16-20-12-14-23(27)15-13-20)29(25(32)34-18-22-10-6-3-7-11-22)28-24(31)33-17-21-8-4-2-5-9-21/h2-15,19H,16-18H2,1H3,(H,28,31)/t26-/m1/s1. The summed E-state index contributed by atoms with van der Waals surface area (Å²) < 4.78 is 11.5. The maximum atomic E-state index is 13.0. The highest BCUT2D eigenvalue weighted by Gasteiger charge is 2.39. The van der Waals surface area contributed by atoms with Gasteiger partial charge >= 0.3 is 12.2 Å². The Morgan fingerprint density at radius 3 is 1.91 bits per heavy atom. The van der Waals surface area contributed by atoms with Gasteiger partial charge < -0.3 is 14.3 Å². The number of carbonyl (C=O) groups excluding carboxylic acids is 3. The number of carbonyl (C=O) groups is 3. The molecule has 0 radical (unpaired) electrons. The number of nitrogens with zero attached hydrogens (tertiary/aromatic N) is 1. The van der Waals surface area contributed by atoms with E-state index in [2.05, 4.69) is 21.4 Å². The van der Waals surface area contributed by atoms with Crippen LogP contribution in [-0.2, 0) is 33.9 Å². The van der Waals surface area contributed by atoms with Crippen molar-refractivity contribution in [1.82, 2.24) is 10.4 Å². The van der Waals surface area contributed by atoms with Gasteiger partial charge in [0, 0.05) is 10.9 Å². The first-order valence-electron chi connectivity index (χ1n) is 10.6. The second-order valence-corrected chi connectivity index (χ2v) is 8.74. The number of rotatable bonds is 8. The van der Waals surface area contributed by atoms with E-state index in [4.69, 9.17) is 9.47 Å². The highest BCUT2D eigenvalue weighted by molar-refractivity contribution is 9.10. The van der Waals surface area contributed by atoms with Gasteiger partial charge in [0.15, 0.2) is 0 Å². The zero-order valence-electron chi connectivity index (χ0n) is 18.6. The van der Waals surface area contributed by atoms with E-state index in [-0.39, 0.29) is 19.6 Å². The van der Waals surface area contributed by atoms with Gasteiger partial charge in [0.05, 0.1) is 0 Å². The number of hydrazine groups is 1. The quantitative estimate of drug-likeness (QED) is 0.313. The van der Waals surface area contributed by atoms with Crippen LogP contribution in [0.25, 0.3) is 0 Å². The number of aldehydes is 1. The van der Waals surface area contributed by atoms with E-state index in [1.165, 1.54) is 0 Å². The third-order valence-electron chi connectivity index (χ3n) is 5.04. The molecule has 8 heteroatoms. The second kappa shape index (κ2) is 12.0. The molecule has 3 aromatic rings. The van der Waals surface area contributed by atoms with Gasteiger partial charge in [0.2, 0.25) is 0 Å². The summed E-state index contributed by atoms with van der Waals surface area (Å²) in [5.41, 5.74) is 3.30. The SMILES string of the molecule is C[C@](C=O)(Cc1ccc(Br)cc1)N(NC(=O)OCc1ccccc1)C(=O)OCc1ccccc1. The van der Waals surface area contributed by atoms with E-state index >= 15 is 0 Å². The first-order valence-corrected chi connectivity index (χ1v) is 11.4. The van der Waals surface area contributed by atoms with E-state index in [0.29, 0.717) is 6.29 Å². The molecule has 0 bridgehead atoms. The van der Waals surface area contributed by atoms with Gasteiger partial charge in [0.1, 0.15) is 25.0 Å². The molecule has 0 fully saturated rings. The summed E-state index contributed by atoms with van der Waals surface area (Å²) in [7, 11) is 0. The van der Waals surface area contributed by atoms with Crippen LogP contribution in [0.5, 0.6) is 0 Å². The normalized spacial score (nSPS) is 12.2. The highest BCUT2D eigenvalue weighted by Crippen LogP contribution is 2.21. The van der Waals surface area contributed by atoms with E-state index in [1.807, 2.05) is 72.8 Å². The third kappa shape index (κ3) is 7.18. The minimum absolute atomic E-state index is 0.00406. The van der Waals surface area contributed by atoms with Gasteiger partial charge in [0.25, 0.3) is 0 Å². The summed E-state index contributed by atoms with van der Waals surface area (Å²) in [4.78, 5) is 37.8. The predicted molar refractivity (Wildman–Crippen MR) is 131 cm³/mol. The van der Waals surface area contributed by atoms with Crippen LogP contribution in [-0.4, -0.2) is 29.0 Å². The Balaban J connectivity index is 1.76. The van der Waals surface area contributed by atoms with Crippen molar-refractivity contribution >= 4 is 34.4 Å². The molecule has 1 N–H and O–H groups in total. The lowest BCUT2D eigenvalue weighted by atomic mass is 9.94. The Labute approximate surface area is 206 Å². The number of benzene rings is 3. The van der Waals surface area contributed by atoms with Crippen molar-refractivity contribution in [2.75, 3.05) is 0 Å². The predicted octanol–water partition coefficient (Wildman–Crippen LogP) is 5.43. The van der Waals surface area contributed by atoms with Crippen LogP contribution in [0.2, 0.25) is 0 Å². The minimum atomic E-state index is -1.44. The van der Waals surface area contributed by atoms with E-state index < -0.39 is 17.7 Å². The number of hydrogen-bond donors (Lipinski definition) is 1. The lowest BCUT2D eigenvalue weighted by Gasteiger charge is -2.35. The van der Waals surface area contributed by atoms with Gasteiger partial charge in [-0.15, -0.1) is 0 Å². The van der Waals surface area contributed by atoms with Crippen molar-refractivity contribution in [3.8, 4) is 0 Å². The summed E-state index contributed by atoms with van der Waals surface area (Å²) in [6, 6.07) is 25.5. The van der Waals surface area contributed by atoms with Crippen LogP contribution >= 0.6 is 15.9 Å². The molecular weight excluding hydrogens is 500 g/mol. The third-order valence-corrected chi connectivity index (χ3v) is 5.57. The van der Waals surface area contributed by atoms with Gasteiger partial charge in [-0.05, 0) is 35.7 Å². The first-order chi connectivity index (χ1) is 16.4. The maximum Gasteiger partial charge on any atom is 0.430 e. The summed E-state index contributed by atoms with van der Waals surface area (Å²) in [5, 5.41) is 0.887. The lowest BCUT2D eigenvalue weighted by molar-refractivity contribution is -0.118. The topological polar surface area (TPSA) is 84.9 Å². The summed E-state index contributed by atoms with van der Waals surface area (Å²) in [5.74, 6) is 0. The van der Waals surface area contributed by atoms with Crippen molar-refractivity contribution in [3.05, 3.63) is 106 Å². The summed E-state index contributed by atoms with van der Waals surface area (Å²) in [6.45, 7) is 1.53. The molecule has 0 saturated carbocycles. The lowest BCUT2D eigenvalue weighted by Crippen LogP contribution is -2.60. The van der Waals surface area contributed by atoms with E-state index in [9.17, 15) is 14.4 Å². The van der Waals surface area contributed by atoms with Crippen LogP contribution in [0.1, 0.15) is 23.6 Å². The number of halogens is 1. The first kappa shape index (κ1) is 25.0. The number of nitrogens with one attached hydrogen (secondary N) is 1. The minimum Gasteiger partial charge on any atom is -0.443 e. The molecule has 0 unspecified atom stereocenters. The van der Waals surface area contributed by atoms with Crippen molar-refractivity contribution in [3.63, 3.8) is 0 Å². The number of ether oxygens (including phenoxy) is 2. The van der Waals surface area contributed by atoms with Gasteiger partial charge in [-0.25, -0.2) is 20.0 Å². The molecule has 0 saturated heterocycles. The van der Waals surface area contributed by atoms with Crippen LogP contribution in [0.15, 0.2) is 89.4 Å². The smallest absolute Gasteiger partial charge is 0.430 e. The average Bonchev–Trinajstić information content (AvgIpc) is 2.87. The fourth-order valence-electron chi connectivity index (χ4n) is 3.20. The molecule has 0 aromatic heterocycles. The fourth-order valence-corrected chi connectivity index (χ4v) is 3.47. The Bertz CT molecular complexity index is 1090. The largest absolute Gasteiger partial charge is 0.443 e. The van der Waals surface area contributed by atoms with E-state index in [1.54, 1.807) is 19.1 Å². The van der Waals surface area contributed by atoms with Crippen molar-refractivity contribution < 1.29 is 23.9 Å². The average molecular weight is 525 g/mol. The monoisotopic (exact) mass is 524 g/mol. The van der Waals surface area contributed by atoms with Crippen LogP contribution in [0.4, 0.5) is 9.59 Å². The zero-order valence-corrected chi connectivity index (χ0v) is 20.2. The molecule has 0 aliphatic carbocycles. The molecule has 0 heterocycles.